The lowest BCUT2D eigenvalue weighted by Crippen LogP contribution is -2.52. The topological polar surface area (TPSA) is 88.4 Å². The molecule has 1 aliphatic rings. The van der Waals surface area contributed by atoms with Crippen LogP contribution < -0.4 is 15.0 Å². The molecule has 0 aliphatic carbocycles. The first-order chi connectivity index (χ1) is 12.6. The minimum Gasteiger partial charge on any atom is -0.481 e. The molecular formula is C17H25N7O2. The Morgan fingerprint density at radius 1 is 1.27 bits per heavy atom. The van der Waals surface area contributed by atoms with Crippen LogP contribution in [0.3, 0.4) is 0 Å². The molecule has 1 aliphatic heterocycles. The number of urea groups is 1. The van der Waals surface area contributed by atoms with Crippen molar-refractivity contribution in [3.63, 3.8) is 0 Å². The van der Waals surface area contributed by atoms with Gasteiger partial charge < -0.3 is 19.9 Å². The summed E-state index contributed by atoms with van der Waals surface area (Å²) in [6, 6.07) is 3.56. The number of rotatable bonds is 5. The lowest BCUT2D eigenvalue weighted by molar-refractivity contribution is 0.189. The Morgan fingerprint density at radius 2 is 2.04 bits per heavy atom. The number of hydrogen-bond acceptors (Lipinski definition) is 6. The molecule has 0 aromatic carbocycles. The first kappa shape index (κ1) is 18.0. The van der Waals surface area contributed by atoms with Crippen molar-refractivity contribution in [3.05, 3.63) is 30.2 Å². The van der Waals surface area contributed by atoms with E-state index in [0.29, 0.717) is 38.0 Å². The minimum atomic E-state index is -0.0516. The molecule has 26 heavy (non-hydrogen) atoms. The van der Waals surface area contributed by atoms with Gasteiger partial charge in [-0.15, -0.1) is 0 Å². The molecule has 0 saturated carbocycles. The number of aryl methyl sites for hydroxylation is 1. The number of anilines is 1. The minimum absolute atomic E-state index is 0.0465. The van der Waals surface area contributed by atoms with Gasteiger partial charge in [0.2, 0.25) is 11.8 Å². The van der Waals surface area contributed by atoms with Crippen LogP contribution in [0.4, 0.5) is 10.7 Å². The summed E-state index contributed by atoms with van der Waals surface area (Å²) >= 11 is 0. The van der Waals surface area contributed by atoms with Gasteiger partial charge in [0.1, 0.15) is 0 Å². The third-order valence-electron chi connectivity index (χ3n) is 4.60. The second-order valence-corrected chi connectivity index (χ2v) is 6.16. The zero-order valence-corrected chi connectivity index (χ0v) is 15.4. The SMILES string of the molecule is CC[C@H](NC(=O)N1CCN(c2nccc(OC)n2)CC1)c1ccnn1C. The number of carbonyl (C=O) groups is 1. The van der Waals surface area contributed by atoms with Crippen molar-refractivity contribution >= 4 is 12.0 Å². The fourth-order valence-corrected chi connectivity index (χ4v) is 3.06. The van der Waals surface area contributed by atoms with E-state index in [2.05, 4.69) is 32.2 Å². The number of nitrogens with one attached hydrogen (secondary N) is 1. The Labute approximate surface area is 153 Å². The number of aromatic nitrogens is 4. The Hall–Kier alpha value is -2.84. The van der Waals surface area contributed by atoms with E-state index in [1.807, 2.05) is 18.0 Å². The number of carbonyl (C=O) groups excluding carboxylic acids is 1. The maximum Gasteiger partial charge on any atom is 0.318 e. The zero-order chi connectivity index (χ0) is 18.5. The molecule has 1 fully saturated rings. The average molecular weight is 359 g/mol. The highest BCUT2D eigenvalue weighted by Gasteiger charge is 2.25. The molecular weight excluding hydrogens is 334 g/mol. The molecule has 2 aromatic rings. The lowest BCUT2D eigenvalue weighted by atomic mass is 10.1. The van der Waals surface area contributed by atoms with Crippen LogP contribution in [0.1, 0.15) is 25.1 Å². The second kappa shape index (κ2) is 8.03. The summed E-state index contributed by atoms with van der Waals surface area (Å²) in [4.78, 5) is 25.2. The number of piperazine rings is 1. The molecule has 2 amide bonds. The maximum absolute atomic E-state index is 12.6. The van der Waals surface area contributed by atoms with E-state index in [0.717, 1.165) is 12.1 Å². The van der Waals surface area contributed by atoms with Crippen molar-refractivity contribution in [1.82, 2.24) is 30.0 Å². The summed E-state index contributed by atoms with van der Waals surface area (Å²) in [5, 5.41) is 7.29. The van der Waals surface area contributed by atoms with E-state index >= 15 is 0 Å². The summed E-state index contributed by atoms with van der Waals surface area (Å²) in [5.74, 6) is 1.17. The molecule has 1 N–H and O–H groups in total. The standard InChI is InChI=1S/C17H25N7O2/c1-4-13(14-5-8-19-22(14)2)20-17(25)24-11-9-23(10-12-24)16-18-7-6-15(21-16)26-3/h5-8,13H,4,9-12H2,1-3H3,(H,20,25)/t13-/m0/s1. The third kappa shape index (κ3) is 3.87. The lowest BCUT2D eigenvalue weighted by Gasteiger charge is -2.35. The van der Waals surface area contributed by atoms with Gasteiger partial charge >= 0.3 is 6.03 Å². The molecule has 9 nitrogen and oxygen atoms in total. The average Bonchev–Trinajstić information content (AvgIpc) is 3.12. The highest BCUT2D eigenvalue weighted by atomic mass is 16.5. The molecule has 1 saturated heterocycles. The van der Waals surface area contributed by atoms with Gasteiger partial charge in [0.25, 0.3) is 0 Å². The van der Waals surface area contributed by atoms with Gasteiger partial charge in [-0.1, -0.05) is 6.92 Å². The predicted molar refractivity (Wildman–Crippen MR) is 97.1 cm³/mol. The fourth-order valence-electron chi connectivity index (χ4n) is 3.06. The van der Waals surface area contributed by atoms with Crippen LogP contribution in [-0.4, -0.2) is 64.0 Å². The van der Waals surface area contributed by atoms with Crippen LogP contribution in [0.15, 0.2) is 24.5 Å². The van der Waals surface area contributed by atoms with Gasteiger partial charge in [0.05, 0.1) is 18.8 Å². The van der Waals surface area contributed by atoms with E-state index in [1.54, 1.807) is 30.3 Å². The van der Waals surface area contributed by atoms with E-state index < -0.39 is 0 Å². The number of hydrogen-bond donors (Lipinski definition) is 1. The Kier molecular flexibility index (Phi) is 5.55. The monoisotopic (exact) mass is 359 g/mol. The summed E-state index contributed by atoms with van der Waals surface area (Å²) in [6.07, 6.45) is 4.24. The van der Waals surface area contributed by atoms with Crippen molar-refractivity contribution in [2.24, 2.45) is 7.05 Å². The first-order valence-electron chi connectivity index (χ1n) is 8.77. The number of ether oxygens (including phenoxy) is 1. The maximum atomic E-state index is 12.6. The molecule has 0 radical (unpaired) electrons. The van der Waals surface area contributed by atoms with Crippen molar-refractivity contribution in [2.45, 2.75) is 19.4 Å². The summed E-state index contributed by atoms with van der Waals surface area (Å²) in [6.45, 7) is 4.66. The van der Waals surface area contributed by atoms with Gasteiger partial charge in [-0.25, -0.2) is 9.78 Å². The van der Waals surface area contributed by atoms with E-state index in [1.165, 1.54) is 0 Å². The van der Waals surface area contributed by atoms with Crippen molar-refractivity contribution in [1.29, 1.82) is 0 Å². The fraction of sp³-hybridized carbons (Fsp3) is 0.529. The molecule has 3 rings (SSSR count). The van der Waals surface area contributed by atoms with E-state index in [-0.39, 0.29) is 12.1 Å². The van der Waals surface area contributed by atoms with Crippen molar-refractivity contribution in [2.75, 3.05) is 38.2 Å². The number of methoxy groups -OCH3 is 1. The van der Waals surface area contributed by atoms with Gasteiger partial charge in [0.15, 0.2) is 0 Å². The first-order valence-corrected chi connectivity index (χ1v) is 8.77. The predicted octanol–water partition coefficient (Wildman–Crippen LogP) is 1.20. The van der Waals surface area contributed by atoms with E-state index in [9.17, 15) is 4.79 Å². The summed E-state index contributed by atoms with van der Waals surface area (Å²) in [7, 11) is 3.47. The molecule has 3 heterocycles. The third-order valence-corrected chi connectivity index (χ3v) is 4.60. The quantitative estimate of drug-likeness (QED) is 0.863. The van der Waals surface area contributed by atoms with Gasteiger partial charge in [-0.05, 0) is 12.5 Å². The highest BCUT2D eigenvalue weighted by Crippen LogP contribution is 2.17. The smallest absolute Gasteiger partial charge is 0.318 e. The van der Waals surface area contributed by atoms with Crippen LogP contribution in [0.5, 0.6) is 5.88 Å². The van der Waals surface area contributed by atoms with Crippen LogP contribution in [0.25, 0.3) is 0 Å². The Balaban J connectivity index is 1.57. The van der Waals surface area contributed by atoms with Crippen LogP contribution in [0.2, 0.25) is 0 Å². The zero-order valence-electron chi connectivity index (χ0n) is 15.4. The van der Waals surface area contributed by atoms with Crippen molar-refractivity contribution in [3.8, 4) is 5.88 Å². The molecule has 9 heteroatoms. The number of amides is 2. The van der Waals surface area contributed by atoms with E-state index in [4.69, 9.17) is 4.74 Å². The molecule has 140 valence electrons. The van der Waals surface area contributed by atoms with Crippen LogP contribution >= 0.6 is 0 Å². The Bertz CT molecular complexity index is 740. The highest BCUT2D eigenvalue weighted by molar-refractivity contribution is 5.75. The van der Waals surface area contributed by atoms with Gasteiger partial charge in [0, 0.05) is 51.7 Å². The van der Waals surface area contributed by atoms with Gasteiger partial charge in [-0.2, -0.15) is 10.1 Å². The molecule has 0 unspecified atom stereocenters. The molecule has 0 spiro atoms. The summed E-state index contributed by atoms with van der Waals surface area (Å²) in [5.41, 5.74) is 1.00. The van der Waals surface area contributed by atoms with Crippen LogP contribution in [0, 0.1) is 0 Å². The number of nitrogens with zero attached hydrogens (tertiary/aromatic N) is 6. The summed E-state index contributed by atoms with van der Waals surface area (Å²) < 4.78 is 6.94. The normalized spacial score (nSPS) is 15.7. The molecule has 0 bridgehead atoms. The Morgan fingerprint density at radius 3 is 2.65 bits per heavy atom. The molecule has 1 atom stereocenters. The van der Waals surface area contributed by atoms with Crippen LogP contribution in [-0.2, 0) is 7.05 Å². The second-order valence-electron chi connectivity index (χ2n) is 6.16. The molecule has 2 aromatic heterocycles. The van der Waals surface area contributed by atoms with Gasteiger partial charge in [-0.3, -0.25) is 4.68 Å². The largest absolute Gasteiger partial charge is 0.481 e. The van der Waals surface area contributed by atoms with Crippen molar-refractivity contribution < 1.29 is 9.53 Å².